The molecule has 7 heteroatoms. The number of benzene rings is 2. The molecule has 29 heavy (non-hydrogen) atoms. The van der Waals surface area contributed by atoms with Gasteiger partial charge in [0.1, 0.15) is 0 Å². The van der Waals surface area contributed by atoms with Crippen molar-refractivity contribution < 1.29 is 14.3 Å². The molecule has 2 aliphatic rings. The summed E-state index contributed by atoms with van der Waals surface area (Å²) in [5, 5.41) is 8.67. The van der Waals surface area contributed by atoms with Gasteiger partial charge in [0.15, 0.2) is 17.2 Å². The highest BCUT2D eigenvalue weighted by Gasteiger charge is 2.32. The van der Waals surface area contributed by atoms with Crippen LogP contribution in [-0.4, -0.2) is 45.6 Å². The average Bonchev–Trinajstić information content (AvgIpc) is 3.39. The Bertz CT molecular complexity index is 1020. The Morgan fingerprint density at radius 1 is 1.00 bits per heavy atom. The van der Waals surface area contributed by atoms with E-state index in [1.807, 2.05) is 53.4 Å². The zero-order valence-corrected chi connectivity index (χ0v) is 16.0. The number of aromatic nitrogens is 3. The summed E-state index contributed by atoms with van der Waals surface area (Å²) < 4.78 is 11.6. The normalized spacial score (nSPS) is 18.5. The van der Waals surface area contributed by atoms with E-state index in [4.69, 9.17) is 9.47 Å². The third kappa shape index (κ3) is 3.44. The first-order chi connectivity index (χ1) is 14.3. The fourth-order valence-electron chi connectivity index (χ4n) is 3.94. The molecule has 0 unspecified atom stereocenters. The minimum absolute atomic E-state index is 0.00142. The zero-order valence-electron chi connectivity index (χ0n) is 16.0. The summed E-state index contributed by atoms with van der Waals surface area (Å²) in [4.78, 5) is 16.6. The van der Waals surface area contributed by atoms with E-state index < -0.39 is 0 Å². The fraction of sp³-hybridized carbons (Fsp3) is 0.318. The molecule has 3 heterocycles. The predicted octanol–water partition coefficient (Wildman–Crippen LogP) is 3.41. The number of carbonyl (C=O) groups is 1. The topological polar surface area (TPSA) is 69.5 Å². The monoisotopic (exact) mass is 390 g/mol. The predicted molar refractivity (Wildman–Crippen MR) is 106 cm³/mol. The summed E-state index contributed by atoms with van der Waals surface area (Å²) in [5.74, 6) is 1.43. The lowest BCUT2D eigenvalue weighted by molar-refractivity contribution is 0.0729. The van der Waals surface area contributed by atoms with E-state index in [2.05, 4.69) is 10.2 Å². The Kier molecular flexibility index (Phi) is 4.63. The molecule has 1 atom stereocenters. The van der Waals surface area contributed by atoms with Crippen LogP contribution in [0.15, 0.2) is 54.7 Å². The third-order valence-electron chi connectivity index (χ3n) is 5.37. The number of likely N-dealkylation sites (tertiary alicyclic amines) is 1. The van der Waals surface area contributed by atoms with Crippen molar-refractivity contribution in [3.8, 4) is 17.2 Å². The van der Waals surface area contributed by atoms with Gasteiger partial charge in [-0.05, 0) is 42.7 Å². The smallest absolute Gasteiger partial charge is 0.276 e. The summed E-state index contributed by atoms with van der Waals surface area (Å²) in [6.45, 7) is 2.01. The van der Waals surface area contributed by atoms with E-state index in [9.17, 15) is 4.79 Å². The number of carbonyl (C=O) groups excluding carboxylic acids is 1. The van der Waals surface area contributed by atoms with Gasteiger partial charge in [-0.1, -0.05) is 24.3 Å². The second-order valence-corrected chi connectivity index (χ2v) is 7.27. The molecular formula is C22H22N4O3. The number of fused-ring (bicyclic) bond motifs is 1. The largest absolute Gasteiger partial charge is 0.490 e. The van der Waals surface area contributed by atoms with E-state index in [-0.39, 0.29) is 11.9 Å². The molecule has 0 aliphatic carbocycles. The van der Waals surface area contributed by atoms with Gasteiger partial charge in [-0.2, -0.15) is 9.90 Å². The first-order valence-corrected chi connectivity index (χ1v) is 9.98. The SMILES string of the molecule is O=C(c1cnn(-c2ccccc2)n1)N1CCC[C@H]1c1ccc2c(c1)OCCCO2. The van der Waals surface area contributed by atoms with Crippen LogP contribution in [0.4, 0.5) is 0 Å². The lowest BCUT2D eigenvalue weighted by atomic mass is 10.0. The van der Waals surface area contributed by atoms with Gasteiger partial charge in [0.25, 0.3) is 5.91 Å². The van der Waals surface area contributed by atoms with Gasteiger partial charge < -0.3 is 14.4 Å². The summed E-state index contributed by atoms with van der Waals surface area (Å²) in [6, 6.07) is 15.6. The summed E-state index contributed by atoms with van der Waals surface area (Å²) in [6.07, 6.45) is 4.28. The van der Waals surface area contributed by atoms with Gasteiger partial charge in [-0.3, -0.25) is 4.79 Å². The Morgan fingerprint density at radius 2 is 1.83 bits per heavy atom. The summed E-state index contributed by atoms with van der Waals surface area (Å²) in [5.41, 5.74) is 2.25. The molecule has 2 aromatic carbocycles. The lowest BCUT2D eigenvalue weighted by Crippen LogP contribution is -2.31. The Morgan fingerprint density at radius 3 is 2.69 bits per heavy atom. The number of para-hydroxylation sites is 1. The molecule has 0 radical (unpaired) electrons. The van der Waals surface area contributed by atoms with Crippen LogP contribution in [0.3, 0.4) is 0 Å². The molecule has 0 bridgehead atoms. The van der Waals surface area contributed by atoms with Crippen molar-refractivity contribution in [2.45, 2.75) is 25.3 Å². The van der Waals surface area contributed by atoms with Crippen molar-refractivity contribution in [3.63, 3.8) is 0 Å². The molecule has 2 aliphatic heterocycles. The number of nitrogens with zero attached hydrogens (tertiary/aromatic N) is 4. The highest BCUT2D eigenvalue weighted by Crippen LogP contribution is 2.38. The molecular weight excluding hydrogens is 368 g/mol. The summed E-state index contributed by atoms with van der Waals surface area (Å²) in [7, 11) is 0. The number of hydrogen-bond donors (Lipinski definition) is 0. The zero-order chi connectivity index (χ0) is 19.6. The molecule has 5 rings (SSSR count). The van der Waals surface area contributed by atoms with E-state index >= 15 is 0 Å². The highest BCUT2D eigenvalue weighted by molar-refractivity contribution is 5.92. The van der Waals surface area contributed by atoms with Crippen LogP contribution in [0.1, 0.15) is 41.4 Å². The van der Waals surface area contributed by atoms with Crippen LogP contribution in [0.25, 0.3) is 5.69 Å². The first-order valence-electron chi connectivity index (χ1n) is 9.98. The van der Waals surface area contributed by atoms with Crippen molar-refractivity contribution in [1.29, 1.82) is 0 Å². The van der Waals surface area contributed by atoms with Crippen molar-refractivity contribution >= 4 is 5.91 Å². The van der Waals surface area contributed by atoms with Crippen LogP contribution < -0.4 is 9.47 Å². The maximum Gasteiger partial charge on any atom is 0.276 e. The van der Waals surface area contributed by atoms with Gasteiger partial charge in [0, 0.05) is 13.0 Å². The fourth-order valence-corrected chi connectivity index (χ4v) is 3.94. The minimum atomic E-state index is -0.0956. The second kappa shape index (κ2) is 7.58. The highest BCUT2D eigenvalue weighted by atomic mass is 16.5. The van der Waals surface area contributed by atoms with Crippen LogP contribution in [0, 0.1) is 0 Å². The van der Waals surface area contributed by atoms with Crippen LogP contribution in [-0.2, 0) is 0 Å². The number of rotatable bonds is 3. The van der Waals surface area contributed by atoms with Crippen molar-refractivity contribution in [2.24, 2.45) is 0 Å². The number of amides is 1. The van der Waals surface area contributed by atoms with Crippen LogP contribution >= 0.6 is 0 Å². The number of ether oxygens (including phenoxy) is 2. The Labute approximate surface area is 168 Å². The molecule has 3 aromatic rings. The molecule has 1 aromatic heterocycles. The van der Waals surface area contributed by atoms with Crippen molar-refractivity contribution in [2.75, 3.05) is 19.8 Å². The maximum atomic E-state index is 13.2. The minimum Gasteiger partial charge on any atom is -0.490 e. The molecule has 1 amide bonds. The molecule has 148 valence electrons. The van der Waals surface area contributed by atoms with Gasteiger partial charge in [0.2, 0.25) is 0 Å². The van der Waals surface area contributed by atoms with E-state index in [1.54, 1.807) is 6.20 Å². The van der Waals surface area contributed by atoms with Crippen molar-refractivity contribution in [3.05, 3.63) is 66.0 Å². The van der Waals surface area contributed by atoms with Gasteiger partial charge in [-0.25, -0.2) is 0 Å². The average molecular weight is 390 g/mol. The van der Waals surface area contributed by atoms with E-state index in [0.717, 1.165) is 42.0 Å². The standard InChI is InChI=1S/C22H22N4O3/c27-22(18-15-23-26(24-18)17-6-2-1-3-7-17)25-11-4-8-19(25)16-9-10-20-21(14-16)29-13-5-12-28-20/h1-3,6-7,9-10,14-15,19H,4-5,8,11-13H2/t19-/m0/s1. The molecule has 1 saturated heterocycles. The van der Waals surface area contributed by atoms with E-state index in [1.165, 1.54) is 4.80 Å². The first kappa shape index (κ1) is 17.7. The molecule has 0 saturated carbocycles. The van der Waals surface area contributed by atoms with E-state index in [0.29, 0.717) is 25.5 Å². The summed E-state index contributed by atoms with van der Waals surface area (Å²) >= 11 is 0. The second-order valence-electron chi connectivity index (χ2n) is 7.27. The third-order valence-corrected chi connectivity index (χ3v) is 5.37. The molecule has 1 fully saturated rings. The van der Waals surface area contributed by atoms with Crippen molar-refractivity contribution in [1.82, 2.24) is 19.9 Å². The lowest BCUT2D eigenvalue weighted by Gasteiger charge is -2.24. The molecule has 0 spiro atoms. The quantitative estimate of drug-likeness (QED) is 0.686. The van der Waals surface area contributed by atoms with Crippen LogP contribution in [0.2, 0.25) is 0 Å². The molecule has 7 nitrogen and oxygen atoms in total. The Hall–Kier alpha value is -3.35. The number of hydrogen-bond acceptors (Lipinski definition) is 5. The van der Waals surface area contributed by atoms with Crippen LogP contribution in [0.5, 0.6) is 11.5 Å². The maximum absolute atomic E-state index is 13.2. The Balaban J connectivity index is 1.39. The molecule has 0 N–H and O–H groups in total. The van der Waals surface area contributed by atoms with Gasteiger partial charge in [-0.15, -0.1) is 5.10 Å². The van der Waals surface area contributed by atoms with Gasteiger partial charge >= 0.3 is 0 Å². The van der Waals surface area contributed by atoms with Gasteiger partial charge in [0.05, 0.1) is 31.1 Å².